The van der Waals surface area contributed by atoms with Crippen LogP contribution in [0.3, 0.4) is 0 Å². The molecule has 0 atom stereocenters. The summed E-state index contributed by atoms with van der Waals surface area (Å²) < 4.78 is 1.72. The Morgan fingerprint density at radius 1 is 0.816 bits per heavy atom. The maximum atomic E-state index is 13.3. The minimum absolute atomic E-state index is 0.197. The normalized spacial score (nSPS) is 11.0. The van der Waals surface area contributed by atoms with E-state index in [9.17, 15) is 9.59 Å². The fraction of sp³-hybridized carbons (Fsp3) is 0.0333. The van der Waals surface area contributed by atoms with Crippen molar-refractivity contribution in [1.82, 2.24) is 19.8 Å². The van der Waals surface area contributed by atoms with Gasteiger partial charge in [-0.25, -0.2) is 0 Å². The molecule has 8 heteroatoms. The van der Waals surface area contributed by atoms with Gasteiger partial charge in [-0.3, -0.25) is 9.59 Å². The predicted octanol–water partition coefficient (Wildman–Crippen LogP) is 6.31. The Kier molecular flexibility index (Phi) is 6.07. The molecule has 1 amide bonds. The van der Waals surface area contributed by atoms with Gasteiger partial charge in [0.25, 0.3) is 5.91 Å². The summed E-state index contributed by atoms with van der Waals surface area (Å²) in [5, 5.41) is 18.2. The summed E-state index contributed by atoms with van der Waals surface area (Å²) in [7, 11) is 0. The molecule has 38 heavy (non-hydrogen) atoms. The van der Waals surface area contributed by atoms with Crippen molar-refractivity contribution in [2.75, 3.05) is 5.32 Å². The van der Waals surface area contributed by atoms with Crippen molar-refractivity contribution in [3.63, 3.8) is 0 Å². The first-order valence-electron chi connectivity index (χ1n) is 12.0. The van der Waals surface area contributed by atoms with E-state index in [2.05, 4.69) is 15.5 Å². The molecule has 184 valence electrons. The van der Waals surface area contributed by atoms with Crippen LogP contribution in [-0.2, 0) is 0 Å². The van der Waals surface area contributed by atoms with E-state index in [4.69, 9.17) is 5.10 Å². The molecular formula is C30H21N5O2S. The third-order valence-electron chi connectivity index (χ3n) is 6.15. The van der Waals surface area contributed by atoms with E-state index in [1.165, 1.54) is 0 Å². The molecule has 0 radical (unpaired) electrons. The lowest BCUT2D eigenvalue weighted by atomic mass is 9.97. The van der Waals surface area contributed by atoms with Crippen LogP contribution < -0.4 is 5.32 Å². The van der Waals surface area contributed by atoms with Crippen molar-refractivity contribution in [2.45, 2.75) is 6.92 Å². The van der Waals surface area contributed by atoms with Crippen molar-refractivity contribution >= 4 is 34.4 Å². The molecule has 3 aromatic carbocycles. The van der Waals surface area contributed by atoms with E-state index in [0.717, 1.165) is 16.0 Å². The molecule has 0 saturated heterocycles. The van der Waals surface area contributed by atoms with Crippen LogP contribution in [0.2, 0.25) is 0 Å². The minimum atomic E-state index is -0.361. The van der Waals surface area contributed by atoms with Crippen LogP contribution in [0.1, 0.15) is 31.8 Å². The molecule has 0 fully saturated rings. The third kappa shape index (κ3) is 4.49. The van der Waals surface area contributed by atoms with Crippen LogP contribution in [0.25, 0.3) is 27.6 Å². The fourth-order valence-corrected chi connectivity index (χ4v) is 4.89. The molecule has 0 aliphatic carbocycles. The van der Waals surface area contributed by atoms with Crippen molar-refractivity contribution < 1.29 is 9.59 Å². The van der Waals surface area contributed by atoms with Crippen LogP contribution in [0, 0.1) is 6.92 Å². The van der Waals surface area contributed by atoms with Gasteiger partial charge in [0.2, 0.25) is 0 Å². The van der Waals surface area contributed by atoms with E-state index >= 15 is 0 Å². The number of aromatic nitrogens is 4. The monoisotopic (exact) mass is 515 g/mol. The van der Waals surface area contributed by atoms with Crippen LogP contribution in [0.15, 0.2) is 102 Å². The first-order valence-corrected chi connectivity index (χ1v) is 12.8. The minimum Gasteiger partial charge on any atom is -0.322 e. The third-order valence-corrected chi connectivity index (χ3v) is 7.02. The summed E-state index contributed by atoms with van der Waals surface area (Å²) in [5.74, 6) is 0.120. The number of hydrogen-bond acceptors (Lipinski definition) is 6. The number of hydrogen-bond donors (Lipinski definition) is 1. The second-order valence-corrected chi connectivity index (χ2v) is 9.71. The Labute approximate surface area is 222 Å². The second-order valence-electron chi connectivity index (χ2n) is 8.77. The molecule has 0 bridgehead atoms. The Hall–Kier alpha value is -4.95. The average molecular weight is 516 g/mol. The van der Waals surface area contributed by atoms with E-state index in [1.807, 2.05) is 66.9 Å². The smallest absolute Gasteiger partial charge is 0.256 e. The van der Waals surface area contributed by atoms with Gasteiger partial charge >= 0.3 is 0 Å². The summed E-state index contributed by atoms with van der Waals surface area (Å²) in [4.78, 5) is 27.4. The number of carbonyl (C=O) groups is 2. The van der Waals surface area contributed by atoms with Crippen molar-refractivity contribution in [1.29, 1.82) is 0 Å². The lowest BCUT2D eigenvalue weighted by Crippen LogP contribution is -2.17. The first-order chi connectivity index (χ1) is 18.6. The number of nitrogens with zero attached hydrogens (tertiary/aromatic N) is 4. The predicted molar refractivity (Wildman–Crippen MR) is 149 cm³/mol. The molecule has 0 unspecified atom stereocenters. The second kappa shape index (κ2) is 9.84. The lowest BCUT2D eigenvalue weighted by Gasteiger charge is -2.11. The van der Waals surface area contributed by atoms with Gasteiger partial charge in [-0.15, -0.1) is 21.5 Å². The van der Waals surface area contributed by atoms with Crippen molar-refractivity contribution in [3.05, 3.63) is 125 Å². The van der Waals surface area contributed by atoms with E-state index in [0.29, 0.717) is 39.5 Å². The van der Waals surface area contributed by atoms with Crippen LogP contribution in [0.4, 0.5) is 5.69 Å². The highest BCUT2D eigenvalue weighted by Crippen LogP contribution is 2.26. The molecule has 3 heterocycles. The van der Waals surface area contributed by atoms with Gasteiger partial charge in [0.1, 0.15) is 0 Å². The number of thiophene rings is 1. The van der Waals surface area contributed by atoms with Gasteiger partial charge in [0, 0.05) is 22.4 Å². The number of ketones is 1. The van der Waals surface area contributed by atoms with Crippen molar-refractivity contribution in [3.8, 4) is 22.0 Å². The number of benzene rings is 3. The quantitative estimate of drug-likeness (QED) is 0.263. The molecule has 0 saturated carbocycles. The summed E-state index contributed by atoms with van der Waals surface area (Å²) in [6.07, 6.45) is 0. The highest BCUT2D eigenvalue weighted by molar-refractivity contribution is 7.13. The molecule has 1 N–H and O–H groups in total. The lowest BCUT2D eigenvalue weighted by molar-refractivity contribution is 0.0996. The highest BCUT2D eigenvalue weighted by atomic mass is 32.1. The Morgan fingerprint density at radius 2 is 1.63 bits per heavy atom. The van der Waals surface area contributed by atoms with E-state index < -0.39 is 0 Å². The van der Waals surface area contributed by atoms with Crippen LogP contribution in [0.5, 0.6) is 0 Å². The number of rotatable bonds is 6. The van der Waals surface area contributed by atoms with Gasteiger partial charge in [0.15, 0.2) is 17.3 Å². The number of carbonyl (C=O) groups excluding carboxylic acids is 2. The number of anilines is 1. The average Bonchev–Trinajstić information content (AvgIpc) is 3.63. The first kappa shape index (κ1) is 23.4. The largest absolute Gasteiger partial charge is 0.322 e. The van der Waals surface area contributed by atoms with Crippen LogP contribution >= 0.6 is 11.3 Å². The standard InChI is InChI=1S/C30H21N5O2S/c1-19-11-13-20(14-12-19)28(36)23-8-2-3-9-24(23)30(37)31-22-7-4-6-21(18-22)25-15-16-27-32-33-29(35(27)34-25)26-10-5-17-38-26/h2-18H,1H3,(H,31,37). The molecule has 6 rings (SSSR count). The zero-order chi connectivity index (χ0) is 26.1. The van der Waals surface area contributed by atoms with Gasteiger partial charge < -0.3 is 5.32 Å². The summed E-state index contributed by atoms with van der Waals surface area (Å²) in [6, 6.07) is 29.3. The molecule has 0 aliphatic heterocycles. The molecule has 6 aromatic rings. The summed E-state index contributed by atoms with van der Waals surface area (Å²) >= 11 is 1.57. The number of nitrogens with one attached hydrogen (secondary N) is 1. The Morgan fingerprint density at radius 3 is 2.42 bits per heavy atom. The number of amides is 1. The van der Waals surface area contributed by atoms with Gasteiger partial charge in [-0.1, -0.05) is 66.2 Å². The molecule has 7 nitrogen and oxygen atoms in total. The maximum Gasteiger partial charge on any atom is 0.256 e. The highest BCUT2D eigenvalue weighted by Gasteiger charge is 2.18. The Bertz CT molecular complexity index is 1790. The van der Waals surface area contributed by atoms with E-state index in [-0.39, 0.29) is 11.7 Å². The summed E-state index contributed by atoms with van der Waals surface area (Å²) in [6.45, 7) is 1.96. The molecule has 3 aromatic heterocycles. The fourth-order valence-electron chi connectivity index (χ4n) is 4.20. The zero-order valence-electron chi connectivity index (χ0n) is 20.3. The van der Waals surface area contributed by atoms with E-state index in [1.54, 1.807) is 58.3 Å². The molecule has 0 spiro atoms. The van der Waals surface area contributed by atoms with Gasteiger partial charge in [-0.2, -0.15) is 9.61 Å². The topological polar surface area (TPSA) is 89.2 Å². The van der Waals surface area contributed by atoms with Crippen LogP contribution in [-0.4, -0.2) is 31.5 Å². The van der Waals surface area contributed by atoms with Gasteiger partial charge in [-0.05, 0) is 48.7 Å². The van der Waals surface area contributed by atoms with Crippen molar-refractivity contribution in [2.24, 2.45) is 0 Å². The summed E-state index contributed by atoms with van der Waals surface area (Å²) in [5.41, 5.74) is 5.04. The molecule has 0 aliphatic rings. The SMILES string of the molecule is Cc1ccc(C(=O)c2ccccc2C(=O)Nc2cccc(-c3ccc4nnc(-c5cccs5)n4n3)c2)cc1. The molecular weight excluding hydrogens is 494 g/mol. The number of fused-ring (bicyclic) bond motifs is 1. The maximum absolute atomic E-state index is 13.3. The number of aryl methyl sites for hydroxylation is 1. The zero-order valence-corrected chi connectivity index (χ0v) is 21.1. The van der Waals surface area contributed by atoms with Gasteiger partial charge in [0.05, 0.1) is 16.1 Å². The Balaban J connectivity index is 1.29.